The van der Waals surface area contributed by atoms with Crippen LogP contribution in [-0.4, -0.2) is 30.4 Å². The van der Waals surface area contributed by atoms with Crippen LogP contribution in [0, 0.1) is 11.6 Å². The molecule has 7 nitrogen and oxygen atoms in total. The third kappa shape index (κ3) is 4.07. The first kappa shape index (κ1) is 20.4. The summed E-state index contributed by atoms with van der Waals surface area (Å²) >= 11 is 0. The average Bonchev–Trinajstić information content (AvgIpc) is 3.37. The number of rotatable bonds is 4. The molecule has 4 aromatic rings. The molecule has 0 saturated carbocycles. The Hall–Kier alpha value is -3.88. The molecule has 0 bridgehead atoms. The van der Waals surface area contributed by atoms with Crippen LogP contribution in [-0.2, 0) is 5.54 Å². The highest BCUT2D eigenvalue weighted by atomic mass is 19.1. The molecule has 4 rings (SSSR count). The van der Waals surface area contributed by atoms with Gasteiger partial charge < -0.3 is 14.9 Å². The fraction of sp³-hybridized carbons (Fsp3) is 0.182. The quantitative estimate of drug-likeness (QED) is 0.502. The van der Waals surface area contributed by atoms with E-state index in [0.717, 1.165) is 6.20 Å². The number of carbonyl (C=O) groups excluding carboxylic acids is 1. The van der Waals surface area contributed by atoms with Gasteiger partial charge in [-0.05, 0) is 51.1 Å². The molecule has 0 atom stereocenters. The van der Waals surface area contributed by atoms with Gasteiger partial charge in [0.25, 0.3) is 5.91 Å². The van der Waals surface area contributed by atoms with Gasteiger partial charge in [0.15, 0.2) is 11.6 Å². The Morgan fingerprint density at radius 3 is 2.48 bits per heavy atom. The lowest BCUT2D eigenvalue weighted by molar-refractivity contribution is 0.102. The molecule has 158 valence electrons. The van der Waals surface area contributed by atoms with Gasteiger partial charge in [0.1, 0.15) is 17.2 Å². The topological polar surface area (TPSA) is 88.5 Å². The molecule has 0 aliphatic carbocycles. The lowest BCUT2D eigenvalue weighted by Crippen LogP contribution is -2.22. The molecule has 3 heterocycles. The molecule has 0 unspecified atom stereocenters. The molecule has 9 heteroatoms. The van der Waals surface area contributed by atoms with Gasteiger partial charge in [-0.15, -0.1) is 0 Å². The van der Waals surface area contributed by atoms with Crippen molar-refractivity contribution in [1.82, 2.24) is 24.5 Å². The number of benzene rings is 1. The van der Waals surface area contributed by atoms with Gasteiger partial charge in [0.05, 0.1) is 30.1 Å². The monoisotopic (exact) mass is 422 g/mol. The Bertz CT molecular complexity index is 1240. The fourth-order valence-electron chi connectivity index (χ4n) is 3.13. The number of hydrogen-bond donors (Lipinski definition) is 2. The van der Waals surface area contributed by atoms with Crippen molar-refractivity contribution < 1.29 is 13.6 Å². The number of nitrogens with one attached hydrogen (secondary N) is 2. The predicted octanol–water partition coefficient (Wildman–Crippen LogP) is 4.62. The minimum absolute atomic E-state index is 0.0166. The van der Waals surface area contributed by atoms with E-state index in [-0.39, 0.29) is 22.7 Å². The first-order chi connectivity index (χ1) is 14.7. The van der Waals surface area contributed by atoms with Crippen molar-refractivity contribution in [2.24, 2.45) is 0 Å². The Balaban J connectivity index is 1.74. The van der Waals surface area contributed by atoms with E-state index in [9.17, 15) is 13.6 Å². The van der Waals surface area contributed by atoms with Gasteiger partial charge in [-0.2, -0.15) is 0 Å². The van der Waals surface area contributed by atoms with E-state index in [1.54, 1.807) is 18.5 Å². The number of pyridine rings is 1. The first-order valence-corrected chi connectivity index (χ1v) is 9.54. The van der Waals surface area contributed by atoms with E-state index in [0.29, 0.717) is 22.8 Å². The summed E-state index contributed by atoms with van der Waals surface area (Å²) in [6, 6.07) is 7.36. The zero-order chi connectivity index (χ0) is 22.2. The van der Waals surface area contributed by atoms with Crippen LogP contribution in [0.3, 0.4) is 0 Å². The molecule has 0 aliphatic rings. The summed E-state index contributed by atoms with van der Waals surface area (Å²) in [5.74, 6) is -1.12. The third-order valence-electron chi connectivity index (χ3n) is 4.67. The number of halogens is 2. The van der Waals surface area contributed by atoms with Gasteiger partial charge in [-0.1, -0.05) is 0 Å². The molecule has 1 amide bonds. The highest BCUT2D eigenvalue weighted by Crippen LogP contribution is 2.33. The van der Waals surface area contributed by atoms with Gasteiger partial charge in [0.2, 0.25) is 0 Å². The van der Waals surface area contributed by atoms with Crippen LogP contribution in [0.2, 0.25) is 0 Å². The van der Waals surface area contributed by atoms with Crippen molar-refractivity contribution in [3.8, 4) is 22.8 Å². The number of anilines is 1. The van der Waals surface area contributed by atoms with Crippen molar-refractivity contribution in [3.05, 3.63) is 72.6 Å². The number of aromatic amines is 1. The second-order valence-electron chi connectivity index (χ2n) is 7.94. The highest BCUT2D eigenvalue weighted by molar-refractivity contribution is 6.03. The van der Waals surface area contributed by atoms with E-state index < -0.39 is 11.7 Å². The van der Waals surface area contributed by atoms with E-state index in [2.05, 4.69) is 25.3 Å². The maximum atomic E-state index is 13.8. The normalized spacial score (nSPS) is 11.5. The number of hydrogen-bond acceptors (Lipinski definition) is 4. The predicted molar refractivity (Wildman–Crippen MR) is 112 cm³/mol. The molecule has 31 heavy (non-hydrogen) atoms. The number of H-pyrrole nitrogens is 1. The second-order valence-corrected chi connectivity index (χ2v) is 7.94. The van der Waals surface area contributed by atoms with Crippen molar-refractivity contribution in [2.75, 3.05) is 5.32 Å². The molecule has 0 saturated heterocycles. The summed E-state index contributed by atoms with van der Waals surface area (Å²) in [6.07, 6.45) is 5.46. The summed E-state index contributed by atoms with van der Waals surface area (Å²) in [5, 5.41) is 2.49. The van der Waals surface area contributed by atoms with Crippen LogP contribution in [0.5, 0.6) is 0 Å². The summed E-state index contributed by atoms with van der Waals surface area (Å²) in [6.45, 7) is 6.03. The Morgan fingerprint density at radius 2 is 1.81 bits per heavy atom. The van der Waals surface area contributed by atoms with E-state index in [1.165, 1.54) is 30.6 Å². The van der Waals surface area contributed by atoms with Gasteiger partial charge in [-0.25, -0.2) is 18.7 Å². The lowest BCUT2D eigenvalue weighted by atomic mass is 10.1. The van der Waals surface area contributed by atoms with Crippen molar-refractivity contribution in [3.63, 3.8) is 0 Å². The Morgan fingerprint density at radius 1 is 1.06 bits per heavy atom. The molecule has 1 aromatic carbocycles. The van der Waals surface area contributed by atoms with Crippen molar-refractivity contribution in [1.29, 1.82) is 0 Å². The standard InChI is InChI=1S/C22H20F2N6O/c1-22(2,3)30-12-27-18(13-4-6-14(23)7-5-13)19(30)20-26-11-17(28-20)21(31)29-16-8-9-25-10-15(16)24/h4-12H,1-3H3,(H,26,28)(H,25,29,31). The van der Waals surface area contributed by atoms with Crippen LogP contribution < -0.4 is 5.32 Å². The Kier molecular flexibility index (Phi) is 5.10. The van der Waals surface area contributed by atoms with Gasteiger partial charge >= 0.3 is 0 Å². The van der Waals surface area contributed by atoms with Crippen LogP contribution >= 0.6 is 0 Å². The van der Waals surface area contributed by atoms with Crippen LogP contribution in [0.25, 0.3) is 22.8 Å². The molecular weight excluding hydrogens is 402 g/mol. The summed E-state index contributed by atoms with van der Waals surface area (Å²) in [4.78, 5) is 28.1. The van der Waals surface area contributed by atoms with Gasteiger partial charge in [-0.3, -0.25) is 9.78 Å². The molecule has 0 radical (unpaired) electrons. The third-order valence-corrected chi connectivity index (χ3v) is 4.67. The summed E-state index contributed by atoms with van der Waals surface area (Å²) in [7, 11) is 0. The smallest absolute Gasteiger partial charge is 0.273 e. The van der Waals surface area contributed by atoms with Crippen LogP contribution in [0.1, 0.15) is 31.3 Å². The number of aromatic nitrogens is 5. The molecule has 2 N–H and O–H groups in total. The molecule has 0 spiro atoms. The van der Waals surface area contributed by atoms with Crippen molar-refractivity contribution >= 4 is 11.6 Å². The molecular formula is C22H20F2N6O. The van der Waals surface area contributed by atoms with E-state index in [1.807, 2.05) is 25.3 Å². The summed E-state index contributed by atoms with van der Waals surface area (Å²) < 4.78 is 29.1. The maximum Gasteiger partial charge on any atom is 0.273 e. The largest absolute Gasteiger partial charge is 0.333 e. The lowest BCUT2D eigenvalue weighted by Gasteiger charge is -2.23. The first-order valence-electron chi connectivity index (χ1n) is 9.54. The number of carbonyl (C=O) groups is 1. The Labute approximate surface area is 177 Å². The number of imidazole rings is 2. The SMILES string of the molecule is CC(C)(C)n1cnc(-c2ccc(F)cc2)c1-c1ncc(C(=O)Nc2ccncc2F)[nH]1. The molecule has 3 aromatic heterocycles. The van der Waals surface area contributed by atoms with Gasteiger partial charge in [0, 0.05) is 17.3 Å². The van der Waals surface area contributed by atoms with E-state index in [4.69, 9.17) is 0 Å². The average molecular weight is 422 g/mol. The summed E-state index contributed by atoms with van der Waals surface area (Å²) in [5.41, 5.74) is 1.78. The molecule has 0 fully saturated rings. The number of nitrogens with zero attached hydrogens (tertiary/aromatic N) is 4. The zero-order valence-corrected chi connectivity index (χ0v) is 17.1. The zero-order valence-electron chi connectivity index (χ0n) is 17.1. The van der Waals surface area contributed by atoms with Crippen molar-refractivity contribution in [2.45, 2.75) is 26.3 Å². The van der Waals surface area contributed by atoms with Crippen LogP contribution in [0.15, 0.2) is 55.2 Å². The minimum atomic E-state index is -0.639. The highest BCUT2D eigenvalue weighted by Gasteiger charge is 2.25. The second kappa shape index (κ2) is 7.75. The molecule has 0 aliphatic heterocycles. The van der Waals surface area contributed by atoms with Crippen LogP contribution in [0.4, 0.5) is 14.5 Å². The minimum Gasteiger partial charge on any atom is -0.333 e. The fourth-order valence-corrected chi connectivity index (χ4v) is 3.13. The van der Waals surface area contributed by atoms with E-state index >= 15 is 0 Å². The maximum absolute atomic E-state index is 13.8. The number of amides is 1.